The Morgan fingerprint density at radius 2 is 1.84 bits per heavy atom. The van der Waals surface area contributed by atoms with Crippen molar-refractivity contribution in [2.45, 2.75) is 26.3 Å². The predicted octanol–water partition coefficient (Wildman–Crippen LogP) is 3.75. The molecule has 0 radical (unpaired) electrons. The quantitative estimate of drug-likeness (QED) is 0.665. The number of carbonyl (C=O) groups excluding carboxylic acids is 1. The molecule has 1 aliphatic rings. The molecule has 0 spiro atoms. The zero-order valence-electron chi connectivity index (χ0n) is 14.2. The third-order valence-corrected chi connectivity index (χ3v) is 4.47. The van der Waals surface area contributed by atoms with Gasteiger partial charge in [0.1, 0.15) is 0 Å². The van der Waals surface area contributed by atoms with Crippen molar-refractivity contribution in [1.29, 1.82) is 0 Å². The summed E-state index contributed by atoms with van der Waals surface area (Å²) in [6.45, 7) is 4.87. The SMILES string of the molecule is Cc1cc(C(=O)Nc2ccc(CN3CCCC3)cc2)ccc1[N+](=O)[O-]. The molecule has 0 saturated carbocycles. The number of rotatable bonds is 5. The summed E-state index contributed by atoms with van der Waals surface area (Å²) in [5.41, 5.74) is 2.84. The molecule has 1 N–H and O–H groups in total. The summed E-state index contributed by atoms with van der Waals surface area (Å²) in [6.07, 6.45) is 2.53. The van der Waals surface area contributed by atoms with E-state index in [9.17, 15) is 14.9 Å². The highest BCUT2D eigenvalue weighted by molar-refractivity contribution is 6.04. The highest BCUT2D eigenvalue weighted by Gasteiger charge is 2.14. The highest BCUT2D eigenvalue weighted by Crippen LogP contribution is 2.20. The number of amides is 1. The average molecular weight is 339 g/mol. The lowest BCUT2D eigenvalue weighted by Gasteiger charge is -2.14. The molecule has 2 aromatic rings. The van der Waals surface area contributed by atoms with Crippen LogP contribution in [0.1, 0.15) is 34.3 Å². The number of benzene rings is 2. The van der Waals surface area contributed by atoms with E-state index in [0.717, 1.165) is 19.6 Å². The number of nitro groups is 1. The summed E-state index contributed by atoms with van der Waals surface area (Å²) < 4.78 is 0. The molecule has 1 saturated heterocycles. The minimum absolute atomic E-state index is 0.0165. The van der Waals surface area contributed by atoms with Crippen LogP contribution in [0.3, 0.4) is 0 Å². The Hall–Kier alpha value is -2.73. The molecule has 0 atom stereocenters. The van der Waals surface area contributed by atoms with Crippen molar-refractivity contribution in [3.05, 3.63) is 69.3 Å². The Labute approximate surface area is 146 Å². The topological polar surface area (TPSA) is 75.5 Å². The van der Waals surface area contributed by atoms with Gasteiger partial charge in [0.05, 0.1) is 4.92 Å². The van der Waals surface area contributed by atoms with Gasteiger partial charge in [0.25, 0.3) is 11.6 Å². The largest absolute Gasteiger partial charge is 0.322 e. The fraction of sp³-hybridized carbons (Fsp3) is 0.316. The van der Waals surface area contributed by atoms with E-state index in [0.29, 0.717) is 16.8 Å². The van der Waals surface area contributed by atoms with E-state index in [1.54, 1.807) is 6.92 Å². The van der Waals surface area contributed by atoms with Crippen molar-refractivity contribution < 1.29 is 9.72 Å². The van der Waals surface area contributed by atoms with Gasteiger partial charge in [0.15, 0.2) is 0 Å². The second-order valence-corrected chi connectivity index (χ2v) is 6.39. The number of hydrogen-bond acceptors (Lipinski definition) is 4. The summed E-state index contributed by atoms with van der Waals surface area (Å²) in [5.74, 6) is -0.273. The number of likely N-dealkylation sites (tertiary alicyclic amines) is 1. The maximum Gasteiger partial charge on any atom is 0.272 e. The molecule has 1 fully saturated rings. The number of anilines is 1. The van der Waals surface area contributed by atoms with Crippen molar-refractivity contribution in [3.63, 3.8) is 0 Å². The molecule has 6 nitrogen and oxygen atoms in total. The van der Waals surface area contributed by atoms with Gasteiger partial charge in [0.2, 0.25) is 0 Å². The van der Waals surface area contributed by atoms with E-state index in [4.69, 9.17) is 0 Å². The van der Waals surface area contributed by atoms with Gasteiger partial charge in [-0.15, -0.1) is 0 Å². The Bertz CT molecular complexity index is 781. The van der Waals surface area contributed by atoms with Gasteiger partial charge >= 0.3 is 0 Å². The molecular weight excluding hydrogens is 318 g/mol. The van der Waals surface area contributed by atoms with Crippen molar-refractivity contribution >= 4 is 17.3 Å². The number of aryl methyl sites for hydroxylation is 1. The van der Waals surface area contributed by atoms with Crippen LogP contribution in [-0.2, 0) is 6.54 Å². The first-order chi connectivity index (χ1) is 12.0. The van der Waals surface area contributed by atoms with Crippen LogP contribution in [0.2, 0.25) is 0 Å². The van der Waals surface area contributed by atoms with E-state index >= 15 is 0 Å². The number of nitro benzene ring substituents is 1. The lowest BCUT2D eigenvalue weighted by Crippen LogP contribution is -2.18. The van der Waals surface area contributed by atoms with Gasteiger partial charge in [-0.05, 0) is 62.7 Å². The minimum Gasteiger partial charge on any atom is -0.322 e. The van der Waals surface area contributed by atoms with Crippen molar-refractivity contribution in [2.24, 2.45) is 0 Å². The van der Waals surface area contributed by atoms with Gasteiger partial charge in [0, 0.05) is 29.4 Å². The fourth-order valence-electron chi connectivity index (χ4n) is 3.10. The van der Waals surface area contributed by atoms with Crippen molar-refractivity contribution in [3.8, 4) is 0 Å². The van der Waals surface area contributed by atoms with E-state index in [-0.39, 0.29) is 11.6 Å². The first-order valence-electron chi connectivity index (χ1n) is 8.40. The van der Waals surface area contributed by atoms with Crippen molar-refractivity contribution in [2.75, 3.05) is 18.4 Å². The molecular formula is C19H21N3O3. The summed E-state index contributed by atoms with van der Waals surface area (Å²) >= 11 is 0. The van der Waals surface area contributed by atoms with Crippen LogP contribution in [0, 0.1) is 17.0 Å². The molecule has 0 bridgehead atoms. The molecule has 1 heterocycles. The molecule has 6 heteroatoms. The van der Waals surface area contributed by atoms with E-state index in [1.165, 1.54) is 36.6 Å². The van der Waals surface area contributed by atoms with Crippen LogP contribution in [0.4, 0.5) is 11.4 Å². The molecule has 0 unspecified atom stereocenters. The molecule has 0 aliphatic carbocycles. The monoisotopic (exact) mass is 339 g/mol. The zero-order valence-corrected chi connectivity index (χ0v) is 14.2. The maximum absolute atomic E-state index is 12.3. The smallest absolute Gasteiger partial charge is 0.272 e. The van der Waals surface area contributed by atoms with Crippen LogP contribution in [0.15, 0.2) is 42.5 Å². The fourth-order valence-corrected chi connectivity index (χ4v) is 3.10. The van der Waals surface area contributed by atoms with Crippen LogP contribution in [0.5, 0.6) is 0 Å². The molecule has 1 aliphatic heterocycles. The molecule has 2 aromatic carbocycles. The van der Waals surface area contributed by atoms with E-state index in [1.807, 2.05) is 24.3 Å². The minimum atomic E-state index is -0.448. The van der Waals surface area contributed by atoms with Gasteiger partial charge in [-0.3, -0.25) is 19.8 Å². The van der Waals surface area contributed by atoms with Crippen LogP contribution >= 0.6 is 0 Å². The standard InChI is InChI=1S/C19H21N3O3/c1-14-12-16(6-9-18(14)22(24)25)19(23)20-17-7-4-15(5-8-17)13-21-10-2-3-11-21/h4-9,12H,2-3,10-11,13H2,1H3,(H,20,23). The third kappa shape index (κ3) is 4.22. The van der Waals surface area contributed by atoms with Crippen molar-refractivity contribution in [1.82, 2.24) is 4.90 Å². The highest BCUT2D eigenvalue weighted by atomic mass is 16.6. The average Bonchev–Trinajstić information content (AvgIpc) is 3.09. The van der Waals surface area contributed by atoms with Crippen LogP contribution < -0.4 is 5.32 Å². The molecule has 3 rings (SSSR count). The normalized spacial score (nSPS) is 14.4. The van der Waals surface area contributed by atoms with Gasteiger partial charge in [-0.2, -0.15) is 0 Å². The lowest BCUT2D eigenvalue weighted by molar-refractivity contribution is -0.385. The summed E-state index contributed by atoms with van der Waals surface area (Å²) in [7, 11) is 0. The lowest BCUT2D eigenvalue weighted by atomic mass is 10.1. The molecule has 25 heavy (non-hydrogen) atoms. The van der Waals surface area contributed by atoms with Crippen LogP contribution in [0.25, 0.3) is 0 Å². The third-order valence-electron chi connectivity index (χ3n) is 4.47. The number of nitrogens with zero attached hydrogens (tertiary/aromatic N) is 2. The Balaban J connectivity index is 1.64. The molecule has 1 amide bonds. The van der Waals surface area contributed by atoms with E-state index < -0.39 is 4.92 Å². The first-order valence-corrected chi connectivity index (χ1v) is 8.40. The summed E-state index contributed by atoms with van der Waals surface area (Å²) in [6, 6.07) is 12.2. The van der Waals surface area contributed by atoms with Crippen LogP contribution in [-0.4, -0.2) is 28.8 Å². The number of nitrogens with one attached hydrogen (secondary N) is 1. The Morgan fingerprint density at radius 3 is 2.44 bits per heavy atom. The number of hydrogen-bond donors (Lipinski definition) is 1. The first kappa shape index (κ1) is 17.1. The summed E-state index contributed by atoms with van der Waals surface area (Å²) in [5, 5.41) is 13.7. The van der Waals surface area contributed by atoms with E-state index in [2.05, 4.69) is 10.2 Å². The van der Waals surface area contributed by atoms with Gasteiger partial charge < -0.3 is 5.32 Å². The molecule has 0 aromatic heterocycles. The summed E-state index contributed by atoms with van der Waals surface area (Å²) in [4.78, 5) is 25.1. The Morgan fingerprint density at radius 1 is 1.16 bits per heavy atom. The van der Waals surface area contributed by atoms with Gasteiger partial charge in [-0.25, -0.2) is 0 Å². The number of carbonyl (C=O) groups is 1. The second-order valence-electron chi connectivity index (χ2n) is 6.39. The van der Waals surface area contributed by atoms with Gasteiger partial charge in [-0.1, -0.05) is 12.1 Å². The molecule has 130 valence electrons. The second kappa shape index (κ2) is 7.44. The predicted molar refractivity (Wildman–Crippen MR) is 96.7 cm³/mol. The maximum atomic E-state index is 12.3. The Kier molecular flexibility index (Phi) is 5.09. The zero-order chi connectivity index (χ0) is 17.8.